The number of hydrogen-bond acceptors (Lipinski definition) is 8. The largest absolute Gasteiger partial charge is 0.619 e. The van der Waals surface area contributed by atoms with E-state index in [1.54, 1.807) is 54.6 Å². The van der Waals surface area contributed by atoms with Crippen molar-refractivity contribution >= 4 is 41.0 Å². The predicted octanol–water partition coefficient (Wildman–Crippen LogP) is 7.16. The first-order valence-electron chi connectivity index (χ1n) is 16.2. The molecule has 13 heteroatoms. The van der Waals surface area contributed by atoms with E-state index >= 15 is 4.39 Å². The molecule has 1 unspecified atom stereocenters. The van der Waals surface area contributed by atoms with Gasteiger partial charge < -0.3 is 24.2 Å². The van der Waals surface area contributed by atoms with Crippen molar-refractivity contribution < 1.29 is 37.7 Å². The van der Waals surface area contributed by atoms with Crippen LogP contribution in [-0.2, 0) is 22.4 Å². The van der Waals surface area contributed by atoms with Crippen molar-refractivity contribution in [2.45, 2.75) is 38.0 Å². The maximum atomic E-state index is 15.0. The molecule has 4 aromatic rings. The van der Waals surface area contributed by atoms with Gasteiger partial charge >= 0.3 is 12.1 Å². The second-order valence-corrected chi connectivity index (χ2v) is 13.1. The smallest absolute Gasteiger partial charge is 0.415 e. The molecule has 262 valence electrons. The standard InChI is InChI=1S/C37H36Cl2FN3O7/c1-47-32-12-11-26(17-34(32)48-2)33(18-27-28(38)20-42(46)21-29(27)39)49-36(44)25-9-7-23(8-10-25)19-43(31-6-4-3-5-30(31)40)37(45)50-35-22-41-15-13-24(35)14-16-41/h3-12,17,20-21,24,33,35H,13-16,18-19,22H2,1-2H3/t33?,35-/m0/s1. The monoisotopic (exact) mass is 723 g/mol. The number of hydrogen-bond donors (Lipinski definition) is 0. The number of anilines is 1. The van der Waals surface area contributed by atoms with Crippen LogP contribution in [0.1, 0.15) is 46.0 Å². The molecule has 1 aromatic heterocycles. The van der Waals surface area contributed by atoms with Crippen molar-refractivity contribution in [3.05, 3.63) is 122 Å². The highest BCUT2D eigenvalue weighted by molar-refractivity contribution is 6.35. The van der Waals surface area contributed by atoms with E-state index in [1.807, 2.05) is 0 Å². The lowest BCUT2D eigenvalue weighted by Gasteiger charge is -2.44. The maximum absolute atomic E-state index is 15.0. The number of ether oxygens (including phenoxy) is 4. The number of amides is 1. The van der Waals surface area contributed by atoms with Crippen molar-refractivity contribution in [3.8, 4) is 11.5 Å². The molecule has 0 saturated carbocycles. The van der Waals surface area contributed by atoms with Crippen molar-refractivity contribution in [1.82, 2.24) is 4.90 Å². The first kappa shape index (κ1) is 35.3. The van der Waals surface area contributed by atoms with Gasteiger partial charge in [-0.25, -0.2) is 14.0 Å². The first-order valence-corrected chi connectivity index (χ1v) is 16.9. The molecule has 3 aliphatic heterocycles. The van der Waals surface area contributed by atoms with Crippen molar-refractivity contribution in [3.63, 3.8) is 0 Å². The highest BCUT2D eigenvalue weighted by Gasteiger charge is 2.38. The third kappa shape index (κ3) is 7.90. The summed E-state index contributed by atoms with van der Waals surface area (Å²) in [5.74, 6) is -0.00671. The van der Waals surface area contributed by atoms with Crippen LogP contribution in [0.4, 0.5) is 14.9 Å². The quantitative estimate of drug-likeness (QED) is 0.0913. The summed E-state index contributed by atoms with van der Waals surface area (Å²) in [5, 5.41) is 12.1. The van der Waals surface area contributed by atoms with Gasteiger partial charge in [-0.3, -0.25) is 9.80 Å². The molecule has 0 aliphatic carbocycles. The number of methoxy groups -OCH3 is 2. The molecular weight excluding hydrogens is 688 g/mol. The lowest BCUT2D eigenvalue weighted by molar-refractivity contribution is -0.605. The zero-order valence-corrected chi connectivity index (χ0v) is 29.0. The number of carbonyl (C=O) groups is 2. The third-order valence-electron chi connectivity index (χ3n) is 9.22. The summed E-state index contributed by atoms with van der Waals surface area (Å²) in [6.45, 7) is 2.67. The summed E-state index contributed by atoms with van der Waals surface area (Å²) >= 11 is 12.8. The number of nitrogens with zero attached hydrogens (tertiary/aromatic N) is 3. The summed E-state index contributed by atoms with van der Waals surface area (Å²) in [5.41, 5.74) is 1.96. The van der Waals surface area contributed by atoms with Gasteiger partial charge in [0.15, 0.2) is 23.9 Å². The SMILES string of the molecule is COc1ccc(C(Cc2c(Cl)c[n+]([O-])cc2Cl)OC(=O)c2ccc(CN(C(=O)O[C@H]3CN4CCC3CC4)c3ccccc3F)cc2)cc1OC. The molecule has 2 atom stereocenters. The Hall–Kier alpha value is -4.58. The minimum Gasteiger partial charge on any atom is -0.619 e. The van der Waals surface area contributed by atoms with Gasteiger partial charge in [-0.2, -0.15) is 4.73 Å². The van der Waals surface area contributed by atoms with E-state index in [-0.39, 0.29) is 46.3 Å². The summed E-state index contributed by atoms with van der Waals surface area (Å²) in [6, 6.07) is 17.7. The Morgan fingerprint density at radius 2 is 1.66 bits per heavy atom. The highest BCUT2D eigenvalue weighted by atomic mass is 35.5. The zero-order chi connectivity index (χ0) is 35.4. The van der Waals surface area contributed by atoms with E-state index in [0.717, 1.165) is 25.9 Å². The number of rotatable bonds is 11. The molecule has 4 heterocycles. The Labute approximate surface area is 299 Å². The molecule has 50 heavy (non-hydrogen) atoms. The average Bonchev–Trinajstić information content (AvgIpc) is 3.12. The number of halogens is 3. The summed E-state index contributed by atoms with van der Waals surface area (Å²) in [7, 11) is 3.00. The van der Waals surface area contributed by atoms with Gasteiger partial charge in [-0.1, -0.05) is 53.5 Å². The maximum Gasteiger partial charge on any atom is 0.415 e. The zero-order valence-electron chi connectivity index (χ0n) is 27.5. The number of aromatic nitrogens is 1. The molecule has 10 nitrogen and oxygen atoms in total. The van der Waals surface area contributed by atoms with E-state index < -0.39 is 24.0 Å². The lowest BCUT2D eigenvalue weighted by atomic mass is 9.86. The summed E-state index contributed by atoms with van der Waals surface area (Å²) in [4.78, 5) is 30.7. The van der Waals surface area contributed by atoms with Crippen LogP contribution in [0.5, 0.6) is 11.5 Å². The lowest BCUT2D eigenvalue weighted by Crippen LogP contribution is -2.53. The van der Waals surface area contributed by atoms with Crippen molar-refractivity contribution in [2.24, 2.45) is 5.92 Å². The Balaban J connectivity index is 1.22. The number of pyridine rings is 1. The van der Waals surface area contributed by atoms with E-state index in [9.17, 15) is 14.8 Å². The van der Waals surface area contributed by atoms with Crippen LogP contribution in [0.15, 0.2) is 79.1 Å². The molecule has 0 spiro atoms. The highest BCUT2D eigenvalue weighted by Crippen LogP contribution is 2.36. The molecule has 1 amide bonds. The molecule has 7 rings (SSSR count). The fourth-order valence-electron chi connectivity index (χ4n) is 6.47. The van der Waals surface area contributed by atoms with Gasteiger partial charge in [0.25, 0.3) is 0 Å². The second kappa shape index (κ2) is 15.5. The number of esters is 1. The van der Waals surface area contributed by atoms with E-state index in [4.69, 9.17) is 42.1 Å². The number of piperidine rings is 3. The van der Waals surface area contributed by atoms with E-state index in [2.05, 4.69) is 4.90 Å². The number of para-hydroxylation sites is 1. The molecule has 3 saturated heterocycles. The molecule has 0 radical (unpaired) electrons. The number of carbonyl (C=O) groups excluding carboxylic acids is 2. The number of benzene rings is 3. The molecule has 0 N–H and O–H groups in total. The Bertz CT molecular complexity index is 1830. The van der Waals surface area contributed by atoms with Crippen molar-refractivity contribution in [1.29, 1.82) is 0 Å². The van der Waals surface area contributed by atoms with Crippen LogP contribution >= 0.6 is 23.2 Å². The molecular formula is C37H36Cl2FN3O7. The second-order valence-electron chi connectivity index (χ2n) is 12.3. The van der Waals surface area contributed by atoms with Gasteiger partial charge in [0.1, 0.15) is 28.1 Å². The van der Waals surface area contributed by atoms with Crippen LogP contribution in [0.2, 0.25) is 10.0 Å². The average molecular weight is 725 g/mol. The molecule has 3 fully saturated rings. The summed E-state index contributed by atoms with van der Waals surface area (Å²) in [6.07, 6.45) is 2.56. The van der Waals surface area contributed by atoms with Gasteiger partial charge in [0.2, 0.25) is 0 Å². The topological polar surface area (TPSA) is 104 Å². The van der Waals surface area contributed by atoms with Gasteiger partial charge in [0.05, 0.1) is 32.0 Å². The van der Waals surface area contributed by atoms with E-state index in [0.29, 0.717) is 39.5 Å². The Morgan fingerprint density at radius 1 is 0.980 bits per heavy atom. The third-order valence-corrected chi connectivity index (χ3v) is 9.87. The fourth-order valence-corrected chi connectivity index (χ4v) is 7.07. The molecule has 3 aliphatic rings. The van der Waals surface area contributed by atoms with Crippen LogP contribution in [0.3, 0.4) is 0 Å². The van der Waals surface area contributed by atoms with Crippen LogP contribution in [0.25, 0.3) is 0 Å². The van der Waals surface area contributed by atoms with Crippen LogP contribution in [-0.4, -0.2) is 56.9 Å². The van der Waals surface area contributed by atoms with Gasteiger partial charge in [-0.15, -0.1) is 0 Å². The fraction of sp³-hybridized carbons (Fsp3) is 0.324. The Kier molecular flexibility index (Phi) is 11.0. The minimum absolute atomic E-state index is 0.00911. The van der Waals surface area contributed by atoms with Crippen molar-refractivity contribution in [2.75, 3.05) is 38.8 Å². The van der Waals surface area contributed by atoms with Gasteiger partial charge in [0, 0.05) is 18.5 Å². The summed E-state index contributed by atoms with van der Waals surface area (Å²) < 4.78 is 38.3. The molecule has 3 aromatic carbocycles. The van der Waals surface area contributed by atoms with Crippen LogP contribution < -0.4 is 19.1 Å². The first-order chi connectivity index (χ1) is 24.1. The Morgan fingerprint density at radius 3 is 2.28 bits per heavy atom. The van der Waals surface area contributed by atoms with Crippen LogP contribution in [0, 0.1) is 16.9 Å². The number of fused-ring (bicyclic) bond motifs is 3. The predicted molar refractivity (Wildman–Crippen MR) is 185 cm³/mol. The molecule has 2 bridgehead atoms. The van der Waals surface area contributed by atoms with Gasteiger partial charge in [-0.05, 0) is 79.4 Å². The van der Waals surface area contributed by atoms with E-state index in [1.165, 1.54) is 43.6 Å². The normalized spacial score (nSPS) is 18.6. The minimum atomic E-state index is -0.891.